The summed E-state index contributed by atoms with van der Waals surface area (Å²) in [6, 6.07) is 7.73. The number of nitrogens with zero attached hydrogens (tertiary/aromatic N) is 1. The Morgan fingerprint density at radius 3 is 2.55 bits per heavy atom. The molecule has 22 heavy (non-hydrogen) atoms. The SMILES string of the molecule is CCCC(=O)Nc1nc(-c2ccc(C)cc2)c(CC(=O)O)s1. The standard InChI is InChI=1S/C16H18N2O3S/c1-3-4-13(19)17-16-18-15(12(22-16)9-14(20)21)11-7-5-10(2)6-8-11/h5-8H,3-4,9H2,1-2H3,(H,20,21)(H,17,18,19). The minimum Gasteiger partial charge on any atom is -0.481 e. The van der Waals surface area contributed by atoms with E-state index in [0.717, 1.165) is 17.5 Å². The van der Waals surface area contributed by atoms with Crippen LogP contribution in [0.2, 0.25) is 0 Å². The van der Waals surface area contributed by atoms with E-state index in [4.69, 9.17) is 5.11 Å². The number of hydrogen-bond donors (Lipinski definition) is 2. The molecule has 0 aliphatic heterocycles. The molecule has 0 radical (unpaired) electrons. The van der Waals surface area contributed by atoms with Crippen molar-refractivity contribution in [1.82, 2.24) is 4.98 Å². The second-order valence-corrected chi connectivity index (χ2v) is 6.11. The fourth-order valence-electron chi connectivity index (χ4n) is 2.01. The molecule has 116 valence electrons. The number of thiazole rings is 1. The molecule has 1 aromatic carbocycles. The van der Waals surface area contributed by atoms with E-state index in [0.29, 0.717) is 22.1 Å². The molecule has 6 heteroatoms. The van der Waals surface area contributed by atoms with Gasteiger partial charge in [-0.05, 0) is 13.3 Å². The van der Waals surface area contributed by atoms with E-state index < -0.39 is 5.97 Å². The highest BCUT2D eigenvalue weighted by Gasteiger charge is 2.16. The molecule has 1 amide bonds. The van der Waals surface area contributed by atoms with Crippen molar-refractivity contribution in [3.05, 3.63) is 34.7 Å². The van der Waals surface area contributed by atoms with Crippen molar-refractivity contribution in [3.63, 3.8) is 0 Å². The van der Waals surface area contributed by atoms with E-state index in [1.54, 1.807) is 0 Å². The quantitative estimate of drug-likeness (QED) is 0.854. The minimum absolute atomic E-state index is 0.103. The Bertz CT molecular complexity index is 677. The van der Waals surface area contributed by atoms with Crippen molar-refractivity contribution in [2.24, 2.45) is 0 Å². The number of nitrogens with one attached hydrogen (secondary N) is 1. The van der Waals surface area contributed by atoms with Gasteiger partial charge in [0.1, 0.15) is 0 Å². The van der Waals surface area contributed by atoms with Crippen LogP contribution in [0.5, 0.6) is 0 Å². The lowest BCUT2D eigenvalue weighted by atomic mass is 10.1. The Kier molecular flexibility index (Phi) is 5.27. The fourth-order valence-corrected chi connectivity index (χ4v) is 3.00. The number of aliphatic carboxylic acids is 1. The molecule has 0 saturated carbocycles. The summed E-state index contributed by atoms with van der Waals surface area (Å²) in [4.78, 5) is 27.8. The largest absolute Gasteiger partial charge is 0.481 e. The molecule has 1 aromatic heterocycles. The van der Waals surface area contributed by atoms with Gasteiger partial charge in [0.25, 0.3) is 0 Å². The average Bonchev–Trinajstić information content (AvgIpc) is 2.81. The van der Waals surface area contributed by atoms with Crippen LogP contribution in [-0.4, -0.2) is 22.0 Å². The highest BCUT2D eigenvalue weighted by atomic mass is 32.1. The van der Waals surface area contributed by atoms with Crippen LogP contribution in [0.1, 0.15) is 30.2 Å². The number of amides is 1. The van der Waals surface area contributed by atoms with E-state index in [1.165, 1.54) is 11.3 Å². The Labute approximate surface area is 133 Å². The maximum atomic E-state index is 11.7. The van der Waals surface area contributed by atoms with Gasteiger partial charge in [0, 0.05) is 16.9 Å². The first-order valence-electron chi connectivity index (χ1n) is 7.08. The summed E-state index contributed by atoms with van der Waals surface area (Å²) >= 11 is 1.22. The number of rotatable bonds is 6. The van der Waals surface area contributed by atoms with E-state index in [2.05, 4.69) is 10.3 Å². The van der Waals surface area contributed by atoms with Crippen LogP contribution in [0.3, 0.4) is 0 Å². The summed E-state index contributed by atoms with van der Waals surface area (Å²) in [6.45, 7) is 3.91. The molecule has 0 atom stereocenters. The van der Waals surface area contributed by atoms with Gasteiger partial charge in [-0.2, -0.15) is 0 Å². The van der Waals surface area contributed by atoms with Crippen LogP contribution in [-0.2, 0) is 16.0 Å². The number of benzene rings is 1. The zero-order valence-electron chi connectivity index (χ0n) is 12.5. The molecular weight excluding hydrogens is 300 g/mol. The van der Waals surface area contributed by atoms with Crippen LogP contribution < -0.4 is 5.32 Å². The maximum absolute atomic E-state index is 11.7. The lowest BCUT2D eigenvalue weighted by Crippen LogP contribution is -2.10. The lowest BCUT2D eigenvalue weighted by molar-refractivity contribution is -0.136. The highest BCUT2D eigenvalue weighted by molar-refractivity contribution is 7.16. The third-order valence-corrected chi connectivity index (χ3v) is 4.03. The first-order chi connectivity index (χ1) is 10.5. The monoisotopic (exact) mass is 318 g/mol. The number of anilines is 1. The van der Waals surface area contributed by atoms with Crippen LogP contribution in [0.15, 0.2) is 24.3 Å². The Morgan fingerprint density at radius 2 is 1.95 bits per heavy atom. The van der Waals surface area contributed by atoms with E-state index in [1.807, 2.05) is 38.1 Å². The zero-order chi connectivity index (χ0) is 16.1. The molecular formula is C16H18N2O3S. The first-order valence-corrected chi connectivity index (χ1v) is 7.89. The number of hydrogen-bond acceptors (Lipinski definition) is 4. The van der Waals surface area contributed by atoms with Gasteiger partial charge >= 0.3 is 5.97 Å². The average molecular weight is 318 g/mol. The van der Waals surface area contributed by atoms with Crippen molar-refractivity contribution >= 4 is 28.3 Å². The number of carboxylic acids is 1. The highest BCUT2D eigenvalue weighted by Crippen LogP contribution is 2.32. The third kappa shape index (κ3) is 4.14. The molecule has 0 bridgehead atoms. The zero-order valence-corrected chi connectivity index (χ0v) is 13.4. The van der Waals surface area contributed by atoms with Gasteiger partial charge in [-0.1, -0.05) is 36.8 Å². The van der Waals surface area contributed by atoms with Gasteiger partial charge < -0.3 is 10.4 Å². The summed E-state index contributed by atoms with van der Waals surface area (Å²) < 4.78 is 0. The van der Waals surface area contributed by atoms with Crippen molar-refractivity contribution in [2.75, 3.05) is 5.32 Å². The van der Waals surface area contributed by atoms with Gasteiger partial charge in [-0.15, -0.1) is 11.3 Å². The van der Waals surface area contributed by atoms with E-state index >= 15 is 0 Å². The molecule has 0 aliphatic carbocycles. The smallest absolute Gasteiger partial charge is 0.308 e. The summed E-state index contributed by atoms with van der Waals surface area (Å²) in [7, 11) is 0. The van der Waals surface area contributed by atoms with Gasteiger partial charge in [0.15, 0.2) is 5.13 Å². The number of aromatic nitrogens is 1. The van der Waals surface area contributed by atoms with Crippen LogP contribution in [0.4, 0.5) is 5.13 Å². The van der Waals surface area contributed by atoms with E-state index in [9.17, 15) is 9.59 Å². The van der Waals surface area contributed by atoms with Crippen LogP contribution in [0.25, 0.3) is 11.3 Å². The predicted octanol–water partition coefficient (Wildman–Crippen LogP) is 3.48. The van der Waals surface area contributed by atoms with Gasteiger partial charge in [-0.25, -0.2) is 4.98 Å². The van der Waals surface area contributed by atoms with Crippen LogP contribution >= 0.6 is 11.3 Å². The summed E-state index contributed by atoms with van der Waals surface area (Å²) in [5.41, 5.74) is 2.60. The fraction of sp³-hybridized carbons (Fsp3) is 0.312. The molecule has 5 nitrogen and oxygen atoms in total. The van der Waals surface area contributed by atoms with Crippen LogP contribution in [0, 0.1) is 6.92 Å². The maximum Gasteiger partial charge on any atom is 0.308 e. The minimum atomic E-state index is -0.913. The van der Waals surface area contributed by atoms with Crippen molar-refractivity contribution < 1.29 is 14.7 Å². The normalized spacial score (nSPS) is 10.5. The van der Waals surface area contributed by atoms with Gasteiger partial charge in [0.05, 0.1) is 12.1 Å². The third-order valence-electron chi connectivity index (χ3n) is 3.06. The Morgan fingerprint density at radius 1 is 1.27 bits per heavy atom. The van der Waals surface area contributed by atoms with Crippen molar-refractivity contribution in [1.29, 1.82) is 0 Å². The van der Waals surface area contributed by atoms with Gasteiger partial charge in [0.2, 0.25) is 5.91 Å². The molecule has 2 rings (SSSR count). The Balaban J connectivity index is 2.33. The molecule has 0 saturated heterocycles. The topological polar surface area (TPSA) is 79.3 Å². The van der Waals surface area contributed by atoms with Gasteiger partial charge in [-0.3, -0.25) is 9.59 Å². The van der Waals surface area contributed by atoms with E-state index in [-0.39, 0.29) is 12.3 Å². The predicted molar refractivity (Wildman–Crippen MR) is 87.2 cm³/mol. The van der Waals surface area contributed by atoms with Crippen molar-refractivity contribution in [2.45, 2.75) is 33.1 Å². The Hall–Kier alpha value is -2.21. The molecule has 0 spiro atoms. The number of carbonyl (C=O) groups excluding carboxylic acids is 1. The molecule has 1 heterocycles. The molecule has 0 aliphatic rings. The molecule has 2 N–H and O–H groups in total. The lowest BCUT2D eigenvalue weighted by Gasteiger charge is -2.01. The van der Waals surface area contributed by atoms with Crippen molar-refractivity contribution in [3.8, 4) is 11.3 Å². The molecule has 0 unspecified atom stereocenters. The summed E-state index contributed by atoms with van der Waals surface area (Å²) in [6.07, 6.45) is 1.07. The first kappa shape index (κ1) is 16.2. The second-order valence-electron chi connectivity index (χ2n) is 5.03. The molecule has 0 fully saturated rings. The summed E-state index contributed by atoms with van der Waals surface area (Å²) in [5.74, 6) is -1.02. The number of aryl methyl sites for hydroxylation is 1. The number of carbonyl (C=O) groups is 2. The number of carboxylic acid groups (broad SMARTS) is 1. The summed E-state index contributed by atoms with van der Waals surface area (Å²) in [5, 5.41) is 12.2. The second kappa shape index (κ2) is 7.17. The molecule has 2 aromatic rings.